The van der Waals surface area contributed by atoms with Gasteiger partial charge in [-0.1, -0.05) is 17.3 Å². The number of nitriles is 1. The molecule has 4 aromatic heterocycles. The van der Waals surface area contributed by atoms with E-state index in [4.69, 9.17) is 9.78 Å². The second kappa shape index (κ2) is 8.65. The number of hydrogen-bond donors (Lipinski definition) is 3. The highest BCUT2D eigenvalue weighted by Crippen LogP contribution is 2.22. The summed E-state index contributed by atoms with van der Waals surface area (Å²) >= 11 is 0. The SMILES string of the molecule is N#Cc1ccc(CNC(=O)c2nc(-c3cnc4ccc(Nc5ccc6[nH]ncc6c5)nn34)no2)cc1. The van der Waals surface area contributed by atoms with Crippen LogP contribution in [0.5, 0.6) is 0 Å². The number of aromatic nitrogens is 7. The minimum absolute atomic E-state index is 0.176. The number of imidazole rings is 1. The molecule has 0 radical (unpaired) electrons. The molecule has 0 aliphatic rings. The summed E-state index contributed by atoms with van der Waals surface area (Å²) in [7, 11) is 0. The van der Waals surface area contributed by atoms with E-state index >= 15 is 0 Å². The summed E-state index contributed by atoms with van der Waals surface area (Å²) in [4.78, 5) is 21.1. The molecular formula is C24H16N10O2. The highest BCUT2D eigenvalue weighted by molar-refractivity contribution is 5.89. The molecule has 0 aliphatic carbocycles. The molecule has 0 saturated heterocycles. The van der Waals surface area contributed by atoms with Crippen LogP contribution in [0, 0.1) is 11.3 Å². The molecule has 36 heavy (non-hydrogen) atoms. The van der Waals surface area contributed by atoms with Gasteiger partial charge in [-0.25, -0.2) is 9.50 Å². The Balaban J connectivity index is 1.20. The standard InChI is InChI=1S/C24H16N10O2/c25-10-14-1-3-15(4-2-14)11-27-23(35)24-30-22(33-36-24)19-13-26-21-8-7-20(32-34(19)21)29-17-5-6-18-16(9-17)12-28-31-18/h1-9,12-13H,11H2,(H,27,35)(H,28,31)(H,29,32). The predicted molar refractivity (Wildman–Crippen MR) is 128 cm³/mol. The Morgan fingerprint density at radius 3 is 2.86 bits per heavy atom. The summed E-state index contributed by atoms with van der Waals surface area (Å²) in [5.74, 6) is 0.0529. The van der Waals surface area contributed by atoms with Crippen LogP contribution in [0.1, 0.15) is 21.8 Å². The van der Waals surface area contributed by atoms with Gasteiger partial charge >= 0.3 is 11.8 Å². The molecule has 12 nitrogen and oxygen atoms in total. The first-order valence-electron chi connectivity index (χ1n) is 10.8. The first-order valence-corrected chi connectivity index (χ1v) is 10.8. The van der Waals surface area contributed by atoms with Crippen molar-refractivity contribution in [2.45, 2.75) is 6.54 Å². The third kappa shape index (κ3) is 3.97. The van der Waals surface area contributed by atoms with Crippen LogP contribution in [0.2, 0.25) is 0 Å². The lowest BCUT2D eigenvalue weighted by atomic mass is 10.1. The third-order valence-corrected chi connectivity index (χ3v) is 5.46. The van der Waals surface area contributed by atoms with Gasteiger partial charge in [-0.15, -0.1) is 5.10 Å². The van der Waals surface area contributed by atoms with Crippen molar-refractivity contribution in [1.82, 2.24) is 40.3 Å². The minimum Gasteiger partial charge on any atom is -0.344 e. The van der Waals surface area contributed by atoms with Crippen molar-refractivity contribution in [3.8, 4) is 17.6 Å². The summed E-state index contributed by atoms with van der Waals surface area (Å²) in [6.07, 6.45) is 3.31. The molecule has 3 N–H and O–H groups in total. The Morgan fingerprint density at radius 1 is 1.11 bits per heavy atom. The molecule has 0 spiro atoms. The first-order chi connectivity index (χ1) is 17.7. The molecule has 0 aliphatic heterocycles. The molecule has 0 saturated carbocycles. The third-order valence-electron chi connectivity index (χ3n) is 5.46. The Kier molecular flexibility index (Phi) is 5.05. The fourth-order valence-corrected chi connectivity index (χ4v) is 3.64. The fourth-order valence-electron chi connectivity index (χ4n) is 3.64. The molecule has 1 amide bonds. The van der Waals surface area contributed by atoms with Crippen LogP contribution >= 0.6 is 0 Å². The number of carbonyl (C=O) groups is 1. The van der Waals surface area contributed by atoms with E-state index in [0.29, 0.717) is 22.7 Å². The summed E-state index contributed by atoms with van der Waals surface area (Å²) in [6, 6.07) is 18.4. The van der Waals surface area contributed by atoms with Crippen molar-refractivity contribution in [1.29, 1.82) is 5.26 Å². The first kappa shape index (κ1) is 21.0. The second-order valence-electron chi connectivity index (χ2n) is 7.84. The summed E-state index contributed by atoms with van der Waals surface area (Å²) in [5, 5.41) is 31.3. The van der Waals surface area contributed by atoms with Gasteiger partial charge in [0.2, 0.25) is 5.82 Å². The van der Waals surface area contributed by atoms with E-state index in [1.165, 1.54) is 0 Å². The van der Waals surface area contributed by atoms with E-state index in [0.717, 1.165) is 22.2 Å². The minimum atomic E-state index is -0.517. The van der Waals surface area contributed by atoms with E-state index in [2.05, 4.69) is 47.1 Å². The van der Waals surface area contributed by atoms with Crippen LogP contribution in [0.3, 0.4) is 0 Å². The lowest BCUT2D eigenvalue weighted by Gasteiger charge is -2.06. The summed E-state index contributed by atoms with van der Waals surface area (Å²) in [6.45, 7) is 0.249. The largest absolute Gasteiger partial charge is 0.344 e. The van der Waals surface area contributed by atoms with Crippen molar-refractivity contribution >= 4 is 34.0 Å². The van der Waals surface area contributed by atoms with Gasteiger partial charge < -0.3 is 15.2 Å². The number of aromatic amines is 1. The maximum absolute atomic E-state index is 12.5. The van der Waals surface area contributed by atoms with Crippen molar-refractivity contribution in [2.75, 3.05) is 5.32 Å². The molecule has 4 heterocycles. The molecular weight excluding hydrogens is 460 g/mol. The van der Waals surface area contributed by atoms with E-state index in [9.17, 15) is 4.79 Å². The second-order valence-corrected chi connectivity index (χ2v) is 7.84. The number of nitrogens with one attached hydrogen (secondary N) is 3. The van der Waals surface area contributed by atoms with Gasteiger partial charge in [0.1, 0.15) is 5.69 Å². The smallest absolute Gasteiger partial charge is 0.316 e. The highest BCUT2D eigenvalue weighted by atomic mass is 16.5. The molecule has 2 aromatic carbocycles. The van der Waals surface area contributed by atoms with Crippen molar-refractivity contribution in [3.63, 3.8) is 0 Å². The van der Waals surface area contributed by atoms with Crippen molar-refractivity contribution in [2.24, 2.45) is 0 Å². The molecule has 0 bridgehead atoms. The van der Waals surface area contributed by atoms with Gasteiger partial charge in [0, 0.05) is 17.6 Å². The van der Waals surface area contributed by atoms with Crippen LogP contribution in [0.4, 0.5) is 11.5 Å². The number of H-pyrrole nitrogens is 1. The topological polar surface area (TPSA) is 163 Å². The average molecular weight is 476 g/mol. The van der Waals surface area contributed by atoms with Gasteiger partial charge in [-0.3, -0.25) is 9.89 Å². The van der Waals surface area contributed by atoms with E-state index < -0.39 is 5.91 Å². The van der Waals surface area contributed by atoms with Crippen LogP contribution in [-0.2, 0) is 6.54 Å². The van der Waals surface area contributed by atoms with Crippen LogP contribution in [0.25, 0.3) is 28.1 Å². The Bertz CT molecular complexity index is 1760. The quantitative estimate of drug-likeness (QED) is 0.327. The molecule has 6 rings (SSSR count). The monoisotopic (exact) mass is 476 g/mol. The number of hydrogen-bond acceptors (Lipinski definition) is 9. The van der Waals surface area contributed by atoms with Gasteiger partial charge in [0.05, 0.1) is 29.5 Å². The number of benzene rings is 2. The highest BCUT2D eigenvalue weighted by Gasteiger charge is 2.19. The van der Waals surface area contributed by atoms with Gasteiger partial charge in [-0.2, -0.15) is 15.3 Å². The Labute approximate surface area is 202 Å². The van der Waals surface area contributed by atoms with E-state index in [1.807, 2.05) is 24.3 Å². The molecule has 6 aromatic rings. The molecule has 12 heteroatoms. The Morgan fingerprint density at radius 2 is 2.00 bits per heavy atom. The number of rotatable bonds is 6. The summed E-state index contributed by atoms with van der Waals surface area (Å²) < 4.78 is 6.75. The van der Waals surface area contributed by atoms with Crippen LogP contribution < -0.4 is 10.6 Å². The van der Waals surface area contributed by atoms with Crippen molar-refractivity contribution in [3.05, 3.63) is 84.0 Å². The normalized spacial score (nSPS) is 11.0. The lowest BCUT2D eigenvalue weighted by molar-refractivity contribution is 0.0907. The van der Waals surface area contributed by atoms with Gasteiger partial charge in [0.25, 0.3) is 0 Å². The molecule has 0 unspecified atom stereocenters. The number of nitrogens with zero attached hydrogens (tertiary/aromatic N) is 7. The zero-order valence-corrected chi connectivity index (χ0v) is 18.5. The number of amides is 1. The zero-order chi connectivity index (χ0) is 24.5. The average Bonchev–Trinajstić information content (AvgIpc) is 3.66. The molecule has 0 fully saturated rings. The zero-order valence-electron chi connectivity index (χ0n) is 18.5. The number of anilines is 2. The fraction of sp³-hybridized carbons (Fsp3) is 0.0417. The van der Waals surface area contributed by atoms with Gasteiger partial charge in [0.15, 0.2) is 11.5 Å². The molecule has 174 valence electrons. The number of carbonyl (C=O) groups excluding carboxylic acids is 1. The maximum Gasteiger partial charge on any atom is 0.316 e. The van der Waals surface area contributed by atoms with E-state index in [-0.39, 0.29) is 18.3 Å². The predicted octanol–water partition coefficient (Wildman–Crippen LogP) is 3.20. The van der Waals surface area contributed by atoms with E-state index in [1.54, 1.807) is 47.2 Å². The summed E-state index contributed by atoms with van der Waals surface area (Å²) in [5.41, 5.74) is 4.21. The Hall–Kier alpha value is -5.57. The number of fused-ring (bicyclic) bond motifs is 2. The molecule has 0 atom stereocenters. The van der Waals surface area contributed by atoms with Crippen LogP contribution in [0.15, 0.2) is 71.5 Å². The van der Waals surface area contributed by atoms with Crippen LogP contribution in [-0.4, -0.2) is 40.8 Å². The lowest BCUT2D eigenvalue weighted by Crippen LogP contribution is -2.23. The van der Waals surface area contributed by atoms with Crippen molar-refractivity contribution < 1.29 is 9.32 Å². The van der Waals surface area contributed by atoms with Gasteiger partial charge in [-0.05, 0) is 48.0 Å². The maximum atomic E-state index is 12.5.